The fourth-order valence-corrected chi connectivity index (χ4v) is 2.04. The molecule has 4 heteroatoms. The summed E-state index contributed by atoms with van der Waals surface area (Å²) in [5, 5.41) is 10.5. The second-order valence-electron chi connectivity index (χ2n) is 4.11. The summed E-state index contributed by atoms with van der Waals surface area (Å²) in [4.78, 5) is 0. The fourth-order valence-electron chi connectivity index (χ4n) is 1.86. The quantitative estimate of drug-likeness (QED) is 0.911. The molecule has 0 bridgehead atoms. The number of aliphatic hydroxyl groups excluding tert-OH is 1. The van der Waals surface area contributed by atoms with Crippen LogP contribution in [0.15, 0.2) is 42.5 Å². The van der Waals surface area contributed by atoms with Gasteiger partial charge in [-0.05, 0) is 37.3 Å². The van der Waals surface area contributed by atoms with Gasteiger partial charge in [-0.25, -0.2) is 0 Å². The first-order chi connectivity index (χ1) is 9.11. The maximum atomic E-state index is 9.86. The maximum Gasteiger partial charge on any atom is 0.136 e. The molecule has 0 heterocycles. The molecule has 19 heavy (non-hydrogen) atoms. The van der Waals surface area contributed by atoms with E-state index < -0.39 is 6.10 Å². The van der Waals surface area contributed by atoms with Gasteiger partial charge in [0.1, 0.15) is 17.2 Å². The predicted octanol–water partition coefficient (Wildman–Crippen LogP) is 4.19. The standard InChI is InChI=1S/C15H15ClO3/c1-10(17)15-13(18-2)7-4-8-14(15)19-12-6-3-5-11(16)9-12/h3-10,17H,1-2H3/t10-/m1/s1. The number of hydrogen-bond donors (Lipinski definition) is 1. The Morgan fingerprint density at radius 2 is 1.79 bits per heavy atom. The van der Waals surface area contributed by atoms with Crippen LogP contribution in [0.1, 0.15) is 18.6 Å². The van der Waals surface area contributed by atoms with Crippen molar-refractivity contribution < 1.29 is 14.6 Å². The van der Waals surface area contributed by atoms with Crippen molar-refractivity contribution in [1.82, 2.24) is 0 Å². The maximum absolute atomic E-state index is 9.86. The van der Waals surface area contributed by atoms with Crippen LogP contribution in [0, 0.1) is 0 Å². The third-order valence-corrected chi connectivity index (χ3v) is 2.92. The first kappa shape index (κ1) is 13.7. The molecule has 0 radical (unpaired) electrons. The lowest BCUT2D eigenvalue weighted by molar-refractivity contribution is 0.190. The van der Waals surface area contributed by atoms with E-state index in [0.29, 0.717) is 27.8 Å². The van der Waals surface area contributed by atoms with E-state index in [4.69, 9.17) is 21.1 Å². The molecule has 0 saturated carbocycles. The van der Waals surface area contributed by atoms with Crippen molar-refractivity contribution in [1.29, 1.82) is 0 Å². The molecule has 100 valence electrons. The Kier molecular flexibility index (Phi) is 4.30. The third-order valence-electron chi connectivity index (χ3n) is 2.69. The van der Waals surface area contributed by atoms with Crippen LogP contribution in [0.3, 0.4) is 0 Å². The molecule has 0 amide bonds. The second kappa shape index (κ2) is 5.95. The van der Waals surface area contributed by atoms with E-state index in [-0.39, 0.29) is 0 Å². The van der Waals surface area contributed by atoms with Gasteiger partial charge < -0.3 is 14.6 Å². The molecule has 0 fully saturated rings. The summed E-state index contributed by atoms with van der Waals surface area (Å²) >= 11 is 5.92. The number of halogens is 1. The van der Waals surface area contributed by atoms with Gasteiger partial charge in [-0.15, -0.1) is 0 Å². The summed E-state index contributed by atoms with van der Waals surface area (Å²) < 4.78 is 11.0. The zero-order valence-corrected chi connectivity index (χ0v) is 11.5. The van der Waals surface area contributed by atoms with Crippen LogP contribution >= 0.6 is 11.6 Å². The highest BCUT2D eigenvalue weighted by Crippen LogP contribution is 2.36. The Hall–Kier alpha value is -1.71. The second-order valence-corrected chi connectivity index (χ2v) is 4.54. The Morgan fingerprint density at radius 1 is 1.11 bits per heavy atom. The van der Waals surface area contributed by atoms with Gasteiger partial charge >= 0.3 is 0 Å². The van der Waals surface area contributed by atoms with E-state index in [9.17, 15) is 5.11 Å². The molecule has 0 aromatic heterocycles. The third kappa shape index (κ3) is 3.19. The Bertz CT molecular complexity index is 567. The van der Waals surface area contributed by atoms with Crippen molar-refractivity contribution in [3.63, 3.8) is 0 Å². The predicted molar refractivity (Wildman–Crippen MR) is 75.2 cm³/mol. The average molecular weight is 279 g/mol. The van der Waals surface area contributed by atoms with Crippen LogP contribution in [0.25, 0.3) is 0 Å². The van der Waals surface area contributed by atoms with E-state index in [1.807, 2.05) is 6.07 Å². The Balaban J connectivity index is 2.39. The van der Waals surface area contributed by atoms with E-state index in [0.717, 1.165) is 0 Å². The minimum atomic E-state index is -0.690. The molecule has 0 unspecified atom stereocenters. The van der Waals surface area contributed by atoms with Crippen molar-refractivity contribution in [3.8, 4) is 17.2 Å². The summed E-state index contributed by atoms with van der Waals surface area (Å²) in [6.07, 6.45) is -0.690. The normalized spacial score (nSPS) is 12.0. The SMILES string of the molecule is COc1cccc(Oc2cccc(Cl)c2)c1[C@@H](C)O. The minimum Gasteiger partial charge on any atom is -0.496 e. The van der Waals surface area contributed by atoms with Crippen molar-refractivity contribution in [2.24, 2.45) is 0 Å². The van der Waals surface area contributed by atoms with E-state index in [1.54, 1.807) is 50.4 Å². The van der Waals surface area contributed by atoms with Gasteiger partial charge in [-0.1, -0.05) is 23.7 Å². The Labute approximate surface area is 117 Å². The fraction of sp³-hybridized carbons (Fsp3) is 0.200. The van der Waals surface area contributed by atoms with Gasteiger partial charge in [0.2, 0.25) is 0 Å². The van der Waals surface area contributed by atoms with Gasteiger partial charge in [0, 0.05) is 5.02 Å². The topological polar surface area (TPSA) is 38.7 Å². The van der Waals surface area contributed by atoms with E-state index in [2.05, 4.69) is 0 Å². The molecule has 3 nitrogen and oxygen atoms in total. The van der Waals surface area contributed by atoms with Gasteiger partial charge in [-0.3, -0.25) is 0 Å². The van der Waals surface area contributed by atoms with Crippen molar-refractivity contribution in [2.75, 3.05) is 7.11 Å². The monoisotopic (exact) mass is 278 g/mol. The zero-order valence-electron chi connectivity index (χ0n) is 10.8. The first-order valence-electron chi connectivity index (χ1n) is 5.90. The zero-order chi connectivity index (χ0) is 13.8. The highest BCUT2D eigenvalue weighted by molar-refractivity contribution is 6.30. The number of hydrogen-bond acceptors (Lipinski definition) is 3. The summed E-state index contributed by atoms with van der Waals surface area (Å²) in [7, 11) is 1.56. The molecule has 0 aliphatic carbocycles. The van der Waals surface area contributed by atoms with Gasteiger partial charge in [0.15, 0.2) is 0 Å². The molecule has 0 aliphatic rings. The molecule has 0 spiro atoms. The van der Waals surface area contributed by atoms with Crippen LogP contribution in [0.5, 0.6) is 17.2 Å². The number of rotatable bonds is 4. The van der Waals surface area contributed by atoms with Gasteiger partial charge in [-0.2, -0.15) is 0 Å². The number of benzene rings is 2. The summed E-state index contributed by atoms with van der Waals surface area (Å²) in [5.74, 6) is 1.76. The molecule has 1 N–H and O–H groups in total. The lowest BCUT2D eigenvalue weighted by atomic mass is 10.1. The smallest absolute Gasteiger partial charge is 0.136 e. The van der Waals surface area contributed by atoms with Crippen LogP contribution in [0.2, 0.25) is 5.02 Å². The highest BCUT2D eigenvalue weighted by atomic mass is 35.5. The minimum absolute atomic E-state index is 0.552. The molecular weight excluding hydrogens is 264 g/mol. The Morgan fingerprint density at radius 3 is 2.42 bits per heavy atom. The molecule has 2 rings (SSSR count). The van der Waals surface area contributed by atoms with Crippen LogP contribution < -0.4 is 9.47 Å². The molecule has 0 aliphatic heterocycles. The summed E-state index contributed by atoms with van der Waals surface area (Å²) in [6, 6.07) is 12.5. The number of ether oxygens (including phenoxy) is 2. The summed E-state index contributed by atoms with van der Waals surface area (Å²) in [6.45, 7) is 1.67. The van der Waals surface area contributed by atoms with Gasteiger partial charge in [0.25, 0.3) is 0 Å². The summed E-state index contributed by atoms with van der Waals surface area (Å²) in [5.41, 5.74) is 0.616. The van der Waals surface area contributed by atoms with Crippen molar-refractivity contribution in [2.45, 2.75) is 13.0 Å². The highest BCUT2D eigenvalue weighted by Gasteiger charge is 2.15. The van der Waals surface area contributed by atoms with Gasteiger partial charge in [0.05, 0.1) is 18.8 Å². The molecular formula is C15H15ClO3. The number of aliphatic hydroxyl groups is 1. The largest absolute Gasteiger partial charge is 0.496 e. The van der Waals surface area contributed by atoms with E-state index in [1.165, 1.54) is 0 Å². The van der Waals surface area contributed by atoms with Crippen molar-refractivity contribution >= 4 is 11.6 Å². The lowest BCUT2D eigenvalue weighted by Gasteiger charge is -2.16. The van der Waals surface area contributed by atoms with Crippen LogP contribution in [-0.4, -0.2) is 12.2 Å². The molecule has 1 atom stereocenters. The van der Waals surface area contributed by atoms with Crippen molar-refractivity contribution in [3.05, 3.63) is 53.1 Å². The first-order valence-corrected chi connectivity index (χ1v) is 6.28. The van der Waals surface area contributed by atoms with Crippen LogP contribution in [0.4, 0.5) is 0 Å². The molecule has 2 aromatic rings. The lowest BCUT2D eigenvalue weighted by Crippen LogP contribution is -2.00. The molecule has 0 saturated heterocycles. The number of methoxy groups -OCH3 is 1. The van der Waals surface area contributed by atoms with Crippen LogP contribution in [-0.2, 0) is 0 Å². The average Bonchev–Trinajstić information content (AvgIpc) is 2.38. The molecule has 2 aromatic carbocycles. The van der Waals surface area contributed by atoms with E-state index >= 15 is 0 Å².